The first kappa shape index (κ1) is 18.5. The second-order valence-electron chi connectivity index (χ2n) is 5.61. The van der Waals surface area contributed by atoms with E-state index in [1.165, 1.54) is 0 Å². The highest BCUT2D eigenvalue weighted by Crippen LogP contribution is 2.22. The molecule has 0 heterocycles. The topological polar surface area (TPSA) is 67.4 Å². The van der Waals surface area contributed by atoms with Crippen LogP contribution in [0.15, 0.2) is 42.5 Å². The first-order valence-corrected chi connectivity index (χ1v) is 8.42. The van der Waals surface area contributed by atoms with E-state index in [2.05, 4.69) is 10.6 Å². The van der Waals surface area contributed by atoms with Crippen molar-refractivity contribution in [2.45, 2.75) is 33.2 Å². The SMILES string of the molecule is CCc1cccc(CC)c1NC(=O)C(=O)NCc1ccccc1OC. The predicted octanol–water partition coefficient (Wildman–Crippen LogP) is 3.07. The Kier molecular flexibility index (Phi) is 6.57. The summed E-state index contributed by atoms with van der Waals surface area (Å²) < 4.78 is 5.24. The lowest BCUT2D eigenvalue weighted by Gasteiger charge is -2.14. The fourth-order valence-electron chi connectivity index (χ4n) is 2.68. The first-order chi connectivity index (χ1) is 12.1. The average molecular weight is 340 g/mol. The van der Waals surface area contributed by atoms with Gasteiger partial charge in [-0.1, -0.05) is 50.2 Å². The number of amides is 2. The van der Waals surface area contributed by atoms with Crippen LogP contribution in [-0.2, 0) is 29.0 Å². The second kappa shape index (κ2) is 8.87. The standard InChI is InChI=1S/C20H24N2O3/c1-4-14-10-8-11-15(5-2)18(14)22-20(24)19(23)21-13-16-9-6-7-12-17(16)25-3/h6-12H,4-5,13H2,1-3H3,(H,21,23)(H,22,24). The van der Waals surface area contributed by atoms with Crippen LogP contribution in [0.5, 0.6) is 5.75 Å². The van der Waals surface area contributed by atoms with E-state index < -0.39 is 11.8 Å². The lowest BCUT2D eigenvalue weighted by molar-refractivity contribution is -0.136. The number of hydrogen-bond acceptors (Lipinski definition) is 3. The molecule has 0 spiro atoms. The van der Waals surface area contributed by atoms with Crippen LogP contribution in [0.25, 0.3) is 0 Å². The van der Waals surface area contributed by atoms with E-state index in [4.69, 9.17) is 4.74 Å². The molecule has 0 fully saturated rings. The molecule has 0 aliphatic heterocycles. The molecular formula is C20H24N2O3. The average Bonchev–Trinajstić information content (AvgIpc) is 2.66. The smallest absolute Gasteiger partial charge is 0.313 e. The van der Waals surface area contributed by atoms with E-state index in [9.17, 15) is 9.59 Å². The summed E-state index contributed by atoms with van der Waals surface area (Å²) in [5.74, 6) is -0.655. The van der Waals surface area contributed by atoms with E-state index in [-0.39, 0.29) is 6.54 Å². The Balaban J connectivity index is 2.05. The van der Waals surface area contributed by atoms with E-state index in [0.717, 1.165) is 35.2 Å². The fraction of sp³-hybridized carbons (Fsp3) is 0.300. The summed E-state index contributed by atoms with van der Waals surface area (Å²) in [4.78, 5) is 24.4. The fourth-order valence-corrected chi connectivity index (χ4v) is 2.68. The van der Waals surface area contributed by atoms with Gasteiger partial charge in [-0.2, -0.15) is 0 Å². The molecule has 0 bridgehead atoms. The Morgan fingerprint density at radius 2 is 1.48 bits per heavy atom. The molecule has 0 aliphatic rings. The van der Waals surface area contributed by atoms with Crippen LogP contribution in [0, 0.1) is 0 Å². The van der Waals surface area contributed by atoms with Gasteiger partial charge in [-0.25, -0.2) is 0 Å². The highest BCUT2D eigenvalue weighted by Gasteiger charge is 2.17. The van der Waals surface area contributed by atoms with E-state index in [1.54, 1.807) is 7.11 Å². The Morgan fingerprint density at radius 3 is 2.08 bits per heavy atom. The van der Waals surface area contributed by atoms with Crippen molar-refractivity contribution < 1.29 is 14.3 Å². The summed E-state index contributed by atoms with van der Waals surface area (Å²) in [6, 6.07) is 13.3. The molecule has 5 nitrogen and oxygen atoms in total. The van der Waals surface area contributed by atoms with Crippen molar-refractivity contribution in [3.63, 3.8) is 0 Å². The van der Waals surface area contributed by atoms with E-state index >= 15 is 0 Å². The molecular weight excluding hydrogens is 316 g/mol. The highest BCUT2D eigenvalue weighted by atomic mass is 16.5. The van der Waals surface area contributed by atoms with Crippen LogP contribution >= 0.6 is 0 Å². The summed E-state index contributed by atoms with van der Waals surface area (Å²) in [5.41, 5.74) is 3.59. The molecule has 25 heavy (non-hydrogen) atoms. The van der Waals surface area contributed by atoms with Gasteiger partial charge in [0.2, 0.25) is 0 Å². The molecule has 0 saturated heterocycles. The minimum absolute atomic E-state index is 0.228. The summed E-state index contributed by atoms with van der Waals surface area (Å²) in [6.07, 6.45) is 1.57. The number of rotatable bonds is 6. The molecule has 5 heteroatoms. The zero-order valence-electron chi connectivity index (χ0n) is 14.9. The molecule has 0 radical (unpaired) electrons. The van der Waals surface area contributed by atoms with Gasteiger partial charge in [-0.15, -0.1) is 0 Å². The van der Waals surface area contributed by atoms with Gasteiger partial charge in [0.15, 0.2) is 0 Å². The number of aryl methyl sites for hydroxylation is 2. The minimum atomic E-state index is -0.668. The molecule has 0 atom stereocenters. The van der Waals surface area contributed by atoms with Gasteiger partial charge in [-0.05, 0) is 30.0 Å². The van der Waals surface area contributed by atoms with Gasteiger partial charge < -0.3 is 15.4 Å². The van der Waals surface area contributed by atoms with Crippen molar-refractivity contribution in [3.05, 3.63) is 59.2 Å². The highest BCUT2D eigenvalue weighted by molar-refractivity contribution is 6.39. The van der Waals surface area contributed by atoms with Gasteiger partial charge in [0.25, 0.3) is 0 Å². The molecule has 2 aromatic carbocycles. The van der Waals surface area contributed by atoms with Crippen LogP contribution in [0.1, 0.15) is 30.5 Å². The van der Waals surface area contributed by atoms with Crippen LogP contribution < -0.4 is 15.4 Å². The van der Waals surface area contributed by atoms with Crippen molar-refractivity contribution >= 4 is 17.5 Å². The minimum Gasteiger partial charge on any atom is -0.496 e. The van der Waals surface area contributed by atoms with Gasteiger partial charge in [0.1, 0.15) is 5.75 Å². The van der Waals surface area contributed by atoms with E-state index in [1.807, 2.05) is 56.3 Å². The number of anilines is 1. The number of ether oxygens (including phenoxy) is 1. The zero-order valence-corrected chi connectivity index (χ0v) is 14.9. The lowest BCUT2D eigenvalue weighted by Crippen LogP contribution is -2.35. The van der Waals surface area contributed by atoms with Crippen molar-refractivity contribution in [1.82, 2.24) is 5.32 Å². The lowest BCUT2D eigenvalue weighted by atomic mass is 10.0. The molecule has 2 amide bonds. The molecule has 2 aromatic rings. The third kappa shape index (κ3) is 4.59. The maximum Gasteiger partial charge on any atom is 0.313 e. The van der Waals surface area contributed by atoms with Gasteiger partial charge >= 0.3 is 11.8 Å². The molecule has 0 aromatic heterocycles. The number of hydrogen-bond donors (Lipinski definition) is 2. The Hall–Kier alpha value is -2.82. The maximum atomic E-state index is 12.3. The van der Waals surface area contributed by atoms with Crippen LogP contribution in [-0.4, -0.2) is 18.9 Å². The number of carbonyl (C=O) groups is 2. The summed E-state index contributed by atoms with van der Waals surface area (Å²) in [7, 11) is 1.57. The molecule has 0 saturated carbocycles. The predicted molar refractivity (Wildman–Crippen MR) is 98.7 cm³/mol. The van der Waals surface area contributed by atoms with Gasteiger partial charge in [0, 0.05) is 17.8 Å². The third-order valence-corrected chi connectivity index (χ3v) is 4.08. The van der Waals surface area contributed by atoms with Crippen molar-refractivity contribution in [2.75, 3.05) is 12.4 Å². The van der Waals surface area contributed by atoms with Crippen molar-refractivity contribution in [2.24, 2.45) is 0 Å². The quantitative estimate of drug-likeness (QED) is 0.794. The van der Waals surface area contributed by atoms with Crippen molar-refractivity contribution in [3.8, 4) is 5.75 Å². The Morgan fingerprint density at radius 1 is 0.880 bits per heavy atom. The number of para-hydroxylation sites is 2. The monoisotopic (exact) mass is 340 g/mol. The van der Waals surface area contributed by atoms with Crippen molar-refractivity contribution in [1.29, 1.82) is 0 Å². The Bertz CT molecular complexity index is 734. The molecule has 2 N–H and O–H groups in total. The number of methoxy groups -OCH3 is 1. The molecule has 2 rings (SSSR count). The first-order valence-electron chi connectivity index (χ1n) is 8.42. The third-order valence-electron chi connectivity index (χ3n) is 4.08. The van der Waals surface area contributed by atoms with Gasteiger partial charge in [0.05, 0.1) is 7.11 Å². The number of nitrogens with one attached hydrogen (secondary N) is 2. The molecule has 132 valence electrons. The second-order valence-corrected chi connectivity index (χ2v) is 5.61. The van der Waals surface area contributed by atoms with Gasteiger partial charge in [-0.3, -0.25) is 9.59 Å². The molecule has 0 aliphatic carbocycles. The summed E-state index contributed by atoms with van der Waals surface area (Å²) in [5, 5.41) is 5.40. The van der Waals surface area contributed by atoms with E-state index in [0.29, 0.717) is 5.75 Å². The number of benzene rings is 2. The zero-order chi connectivity index (χ0) is 18.2. The molecule has 0 unspecified atom stereocenters. The summed E-state index contributed by atoms with van der Waals surface area (Å²) in [6.45, 7) is 4.27. The normalized spacial score (nSPS) is 10.2. The number of carbonyl (C=O) groups excluding carboxylic acids is 2. The maximum absolute atomic E-state index is 12.3. The van der Waals surface area contributed by atoms with Crippen LogP contribution in [0.3, 0.4) is 0 Å². The summed E-state index contributed by atoms with van der Waals surface area (Å²) >= 11 is 0. The Labute approximate surface area is 148 Å². The van der Waals surface area contributed by atoms with Crippen LogP contribution in [0.4, 0.5) is 5.69 Å². The van der Waals surface area contributed by atoms with Crippen LogP contribution in [0.2, 0.25) is 0 Å². The largest absolute Gasteiger partial charge is 0.496 e.